The Balaban J connectivity index is 1.21. The molecule has 11 nitrogen and oxygen atoms in total. The Hall–Kier alpha value is -2.57. The van der Waals surface area contributed by atoms with Gasteiger partial charge in [0, 0.05) is 92.4 Å². The van der Waals surface area contributed by atoms with Crippen molar-refractivity contribution in [3.05, 3.63) is 65.1 Å². The monoisotopic (exact) mass is 738 g/mol. The molecule has 3 N–H and O–H groups in total. The van der Waals surface area contributed by atoms with Crippen molar-refractivity contribution in [2.24, 2.45) is 0 Å². The van der Waals surface area contributed by atoms with Crippen LogP contribution in [0.2, 0.25) is 0 Å². The second kappa shape index (κ2) is 15.2. The summed E-state index contributed by atoms with van der Waals surface area (Å²) in [4.78, 5) is 8.62. The summed E-state index contributed by atoms with van der Waals surface area (Å²) in [6.07, 6.45) is -0.367. The lowest BCUT2D eigenvalue weighted by atomic mass is 9.87. The van der Waals surface area contributed by atoms with Gasteiger partial charge in [-0.1, -0.05) is 12.1 Å². The quantitative estimate of drug-likeness (QED) is 0.252. The zero-order chi connectivity index (χ0) is 35.7. The average Bonchev–Trinajstić information content (AvgIpc) is 3.43. The molecule has 3 aromatic rings. The van der Waals surface area contributed by atoms with Gasteiger partial charge >= 0.3 is 6.18 Å². The van der Waals surface area contributed by atoms with Gasteiger partial charge in [0.05, 0.1) is 42.0 Å². The number of nitrogens with zero attached hydrogens (tertiary/aromatic N) is 6. The Bertz CT molecular complexity index is 1730. The molecule has 0 radical (unpaired) electrons. The summed E-state index contributed by atoms with van der Waals surface area (Å²) < 4.78 is 70.5. The van der Waals surface area contributed by atoms with Gasteiger partial charge in [-0.15, -0.1) is 11.8 Å². The number of likely N-dealkylation sites (tertiary alicyclic amines) is 2. The van der Waals surface area contributed by atoms with E-state index in [4.69, 9.17) is 5.10 Å². The van der Waals surface area contributed by atoms with Crippen LogP contribution in [-0.2, 0) is 41.3 Å². The van der Waals surface area contributed by atoms with Crippen LogP contribution in [0.5, 0.6) is 0 Å². The third kappa shape index (κ3) is 8.72. The number of aliphatic hydroxyl groups excluding tert-OH is 2. The molecular weight excluding hydrogens is 694 g/mol. The highest BCUT2D eigenvalue weighted by Gasteiger charge is 2.37. The van der Waals surface area contributed by atoms with Gasteiger partial charge in [0.1, 0.15) is 5.60 Å². The van der Waals surface area contributed by atoms with E-state index in [9.17, 15) is 36.9 Å². The molecule has 1 aromatic carbocycles. The van der Waals surface area contributed by atoms with E-state index in [1.807, 2.05) is 12.1 Å². The lowest BCUT2D eigenvalue weighted by Gasteiger charge is -2.38. The maximum atomic E-state index is 14.1. The highest BCUT2D eigenvalue weighted by atomic mass is 32.2. The lowest BCUT2D eigenvalue weighted by molar-refractivity contribution is -0.139. The minimum Gasteiger partial charge on any atom is -0.393 e. The number of benzene rings is 1. The molecule has 16 heteroatoms. The smallest absolute Gasteiger partial charge is 0.393 e. The van der Waals surface area contributed by atoms with Gasteiger partial charge in [0.2, 0.25) is 10.0 Å². The van der Waals surface area contributed by atoms with Crippen molar-refractivity contribution in [2.45, 2.75) is 74.1 Å². The van der Waals surface area contributed by atoms with Gasteiger partial charge in [-0.3, -0.25) is 9.67 Å². The van der Waals surface area contributed by atoms with E-state index in [2.05, 4.69) is 14.8 Å². The Morgan fingerprint density at radius 3 is 2.44 bits per heavy atom. The number of sulfonamides is 1. The zero-order valence-electron chi connectivity index (χ0n) is 28.1. The number of aromatic nitrogens is 3. The van der Waals surface area contributed by atoms with E-state index < -0.39 is 33.5 Å². The van der Waals surface area contributed by atoms with Crippen molar-refractivity contribution in [2.75, 3.05) is 57.8 Å². The topological polar surface area (TPSA) is 135 Å². The third-order valence-corrected chi connectivity index (χ3v) is 12.3. The second-order valence-electron chi connectivity index (χ2n) is 13.6. The van der Waals surface area contributed by atoms with E-state index in [0.717, 1.165) is 29.8 Å². The summed E-state index contributed by atoms with van der Waals surface area (Å²) in [6, 6.07) is 9.41. The summed E-state index contributed by atoms with van der Waals surface area (Å²) in [5.74, 6) is 0.430. The highest BCUT2D eigenvalue weighted by Crippen LogP contribution is 2.40. The van der Waals surface area contributed by atoms with Crippen molar-refractivity contribution >= 4 is 21.8 Å². The molecule has 50 heavy (non-hydrogen) atoms. The predicted octanol–water partition coefficient (Wildman–Crippen LogP) is 3.17. The van der Waals surface area contributed by atoms with E-state index in [1.54, 1.807) is 16.9 Å². The van der Waals surface area contributed by atoms with Crippen LogP contribution in [0.15, 0.2) is 47.5 Å². The van der Waals surface area contributed by atoms with Crippen LogP contribution in [0, 0.1) is 0 Å². The molecule has 0 amide bonds. The predicted molar refractivity (Wildman–Crippen MR) is 184 cm³/mol. The molecule has 0 bridgehead atoms. The molecule has 3 aliphatic heterocycles. The molecule has 2 fully saturated rings. The number of hydrogen-bond donors (Lipinski definition) is 3. The van der Waals surface area contributed by atoms with E-state index >= 15 is 0 Å². The van der Waals surface area contributed by atoms with Crippen molar-refractivity contribution in [3.8, 4) is 11.3 Å². The molecule has 1 atom stereocenters. The van der Waals surface area contributed by atoms with Crippen LogP contribution in [0.3, 0.4) is 0 Å². The summed E-state index contributed by atoms with van der Waals surface area (Å²) in [6.45, 7) is 3.81. The number of β-amino-alcohol motifs (C(OH)–C–C–N with tert-alkyl or cyclic N) is 1. The largest absolute Gasteiger partial charge is 0.417 e. The second-order valence-corrected chi connectivity index (χ2v) is 16.8. The molecule has 0 aliphatic carbocycles. The first kappa shape index (κ1) is 37.2. The number of halogens is 3. The zero-order valence-corrected chi connectivity index (χ0v) is 29.7. The maximum Gasteiger partial charge on any atom is 0.417 e. The highest BCUT2D eigenvalue weighted by molar-refractivity contribution is 7.99. The summed E-state index contributed by atoms with van der Waals surface area (Å²) in [7, 11) is -3.55. The van der Waals surface area contributed by atoms with Gasteiger partial charge in [-0.05, 0) is 49.9 Å². The Morgan fingerprint density at radius 1 is 1.04 bits per heavy atom. The number of pyridine rings is 1. The standard InChI is InChI=1S/C34H45F3N6O5S2/c1-50(47,48)42-15-9-29-27(23-42)32(24-5-6-28(34(35,36)37)30(20-24)49-19-18-40-13-7-25(44)8-14-40)39-43(29)22-26(45)21-41-16-10-33(46,11-17-41)31-4-2-3-12-38-31/h2-6,12,20,25-26,44-46H,7-11,13-19,21-23H2,1H3. The summed E-state index contributed by atoms with van der Waals surface area (Å²) >= 11 is 1.12. The van der Waals surface area contributed by atoms with E-state index in [-0.39, 0.29) is 30.6 Å². The maximum absolute atomic E-state index is 14.1. The normalized spacial score (nSPS) is 20.5. The third-order valence-electron chi connectivity index (χ3n) is 10.0. The Kier molecular flexibility index (Phi) is 11.3. The molecule has 274 valence electrons. The first-order valence-corrected chi connectivity index (χ1v) is 19.9. The molecule has 2 aromatic heterocycles. The van der Waals surface area contributed by atoms with Crippen LogP contribution in [-0.4, -0.2) is 123 Å². The van der Waals surface area contributed by atoms with Gasteiger partial charge < -0.3 is 25.1 Å². The molecule has 5 heterocycles. The molecule has 1 unspecified atom stereocenters. The number of piperidine rings is 2. The minimum atomic E-state index is -4.56. The van der Waals surface area contributed by atoms with Crippen LogP contribution in [0.1, 0.15) is 48.2 Å². The fourth-order valence-electron chi connectivity index (χ4n) is 7.14. The van der Waals surface area contributed by atoms with Crippen LogP contribution < -0.4 is 0 Å². The molecule has 0 spiro atoms. The Morgan fingerprint density at radius 2 is 1.78 bits per heavy atom. The number of thioether (sulfide) groups is 1. The fraction of sp³-hybridized carbons (Fsp3) is 0.588. The molecule has 3 aliphatic rings. The van der Waals surface area contributed by atoms with Crippen molar-refractivity contribution in [3.63, 3.8) is 0 Å². The van der Waals surface area contributed by atoms with Crippen LogP contribution >= 0.6 is 11.8 Å². The van der Waals surface area contributed by atoms with E-state index in [1.165, 1.54) is 16.4 Å². The van der Waals surface area contributed by atoms with Crippen LogP contribution in [0.25, 0.3) is 11.3 Å². The number of rotatable bonds is 11. The average molecular weight is 739 g/mol. The number of fused-ring (bicyclic) bond motifs is 1. The van der Waals surface area contributed by atoms with Gasteiger partial charge in [0.15, 0.2) is 0 Å². The van der Waals surface area contributed by atoms with Gasteiger partial charge in [-0.25, -0.2) is 8.42 Å². The molecule has 2 saturated heterocycles. The number of aliphatic hydroxyl groups is 3. The first-order chi connectivity index (χ1) is 23.7. The minimum absolute atomic E-state index is 0.0299. The Labute approximate surface area is 295 Å². The number of hydrogen-bond acceptors (Lipinski definition) is 10. The van der Waals surface area contributed by atoms with Gasteiger partial charge in [0.25, 0.3) is 0 Å². The van der Waals surface area contributed by atoms with Gasteiger partial charge in [-0.2, -0.15) is 22.6 Å². The molecule has 0 saturated carbocycles. The van der Waals surface area contributed by atoms with E-state index in [0.29, 0.717) is 99.6 Å². The van der Waals surface area contributed by atoms with Crippen molar-refractivity contribution < 1.29 is 36.9 Å². The van der Waals surface area contributed by atoms with Crippen molar-refractivity contribution in [1.82, 2.24) is 28.9 Å². The lowest BCUT2D eigenvalue weighted by Crippen LogP contribution is -2.46. The molecule has 6 rings (SSSR count). The summed E-state index contributed by atoms with van der Waals surface area (Å²) in [5, 5.41) is 37.0. The van der Waals surface area contributed by atoms with Crippen LogP contribution in [0.4, 0.5) is 13.2 Å². The fourth-order valence-corrected chi connectivity index (χ4v) is 9.04. The molecular formula is C34H45F3N6O5S2. The SMILES string of the molecule is CS(=O)(=O)N1CCc2c(c(-c3ccc(C(F)(F)F)c(SCCN4CCC(O)CC4)c3)nn2CC(O)CN2CCC(O)(c3ccccn3)CC2)C1. The van der Waals surface area contributed by atoms with Crippen molar-refractivity contribution in [1.29, 1.82) is 0 Å². The summed E-state index contributed by atoms with van der Waals surface area (Å²) in [5.41, 5.74) is 1.09. The first-order valence-electron chi connectivity index (χ1n) is 17.0. The number of alkyl halides is 3.